The average Bonchev–Trinajstić information content (AvgIpc) is 2.67. The standard InChI is InChI=1S/C20H23NO3/c1-23-18-10-6-9-17(19(18)24-2)20(22)21-13-11-16(12-14-21)15-7-4-3-5-8-15/h3-10,16H,11-14H2,1-2H3. The van der Waals surface area contributed by atoms with Crippen LogP contribution in [0.1, 0.15) is 34.7 Å². The molecule has 0 spiro atoms. The summed E-state index contributed by atoms with van der Waals surface area (Å²) in [5, 5.41) is 0. The molecule has 1 aliphatic heterocycles. The van der Waals surface area contributed by atoms with E-state index in [4.69, 9.17) is 9.47 Å². The molecule has 4 nitrogen and oxygen atoms in total. The minimum atomic E-state index is 0.0114. The Morgan fingerprint density at radius 1 is 0.958 bits per heavy atom. The van der Waals surface area contributed by atoms with Gasteiger partial charge in [0.15, 0.2) is 11.5 Å². The van der Waals surface area contributed by atoms with Crippen LogP contribution >= 0.6 is 0 Å². The number of carbonyl (C=O) groups is 1. The van der Waals surface area contributed by atoms with Crippen molar-refractivity contribution in [2.75, 3.05) is 27.3 Å². The van der Waals surface area contributed by atoms with Gasteiger partial charge in [0.2, 0.25) is 0 Å². The van der Waals surface area contributed by atoms with Gasteiger partial charge in [0.1, 0.15) is 0 Å². The Morgan fingerprint density at radius 2 is 1.67 bits per heavy atom. The van der Waals surface area contributed by atoms with Gasteiger partial charge in [0, 0.05) is 13.1 Å². The van der Waals surface area contributed by atoms with Crippen molar-refractivity contribution in [3.8, 4) is 11.5 Å². The van der Waals surface area contributed by atoms with Gasteiger partial charge in [-0.3, -0.25) is 4.79 Å². The van der Waals surface area contributed by atoms with Crippen LogP contribution in [0.2, 0.25) is 0 Å². The van der Waals surface area contributed by atoms with Gasteiger partial charge < -0.3 is 14.4 Å². The Morgan fingerprint density at radius 3 is 2.29 bits per heavy atom. The highest BCUT2D eigenvalue weighted by molar-refractivity contribution is 5.97. The fourth-order valence-corrected chi connectivity index (χ4v) is 3.37. The minimum absolute atomic E-state index is 0.0114. The Labute approximate surface area is 143 Å². The summed E-state index contributed by atoms with van der Waals surface area (Å²) in [5.74, 6) is 1.64. The van der Waals surface area contributed by atoms with Crippen LogP contribution in [0.25, 0.3) is 0 Å². The molecule has 0 unspecified atom stereocenters. The number of rotatable bonds is 4. The smallest absolute Gasteiger partial charge is 0.257 e. The lowest BCUT2D eigenvalue weighted by molar-refractivity contribution is 0.0709. The van der Waals surface area contributed by atoms with Gasteiger partial charge >= 0.3 is 0 Å². The molecule has 2 aromatic carbocycles. The SMILES string of the molecule is COc1cccc(C(=O)N2CCC(c3ccccc3)CC2)c1OC. The van der Waals surface area contributed by atoms with Gasteiger partial charge in [0.05, 0.1) is 19.8 Å². The third-order valence-electron chi connectivity index (χ3n) is 4.69. The van der Waals surface area contributed by atoms with Crippen LogP contribution < -0.4 is 9.47 Å². The van der Waals surface area contributed by atoms with E-state index in [-0.39, 0.29) is 5.91 Å². The summed E-state index contributed by atoms with van der Waals surface area (Å²) in [6.07, 6.45) is 1.98. The number of carbonyl (C=O) groups excluding carboxylic acids is 1. The van der Waals surface area contributed by atoms with Crippen LogP contribution in [-0.2, 0) is 0 Å². The van der Waals surface area contributed by atoms with E-state index in [0.717, 1.165) is 25.9 Å². The minimum Gasteiger partial charge on any atom is -0.493 e. The average molecular weight is 325 g/mol. The monoisotopic (exact) mass is 325 g/mol. The summed E-state index contributed by atoms with van der Waals surface area (Å²) in [6, 6.07) is 16.0. The van der Waals surface area contributed by atoms with Crippen LogP contribution in [0.5, 0.6) is 11.5 Å². The summed E-state index contributed by atoms with van der Waals surface area (Å²) in [5.41, 5.74) is 1.93. The molecule has 0 N–H and O–H groups in total. The Hall–Kier alpha value is -2.49. The summed E-state index contributed by atoms with van der Waals surface area (Å²) in [6.45, 7) is 1.53. The third kappa shape index (κ3) is 3.23. The maximum atomic E-state index is 12.9. The number of amides is 1. The van der Waals surface area contributed by atoms with Gasteiger partial charge in [0.25, 0.3) is 5.91 Å². The molecule has 1 fully saturated rings. The molecule has 1 aliphatic rings. The highest BCUT2D eigenvalue weighted by Gasteiger charge is 2.27. The van der Waals surface area contributed by atoms with Gasteiger partial charge in [-0.05, 0) is 36.5 Å². The summed E-state index contributed by atoms with van der Waals surface area (Å²) >= 11 is 0. The molecular weight excluding hydrogens is 302 g/mol. The van der Waals surface area contributed by atoms with Crippen molar-refractivity contribution in [1.82, 2.24) is 4.90 Å². The molecule has 0 bridgehead atoms. The van der Waals surface area contributed by atoms with Crippen LogP contribution in [0.15, 0.2) is 48.5 Å². The molecule has 0 atom stereocenters. The second-order valence-electron chi connectivity index (χ2n) is 6.02. The molecule has 1 heterocycles. The third-order valence-corrected chi connectivity index (χ3v) is 4.69. The van der Waals surface area contributed by atoms with Crippen molar-refractivity contribution in [3.63, 3.8) is 0 Å². The number of benzene rings is 2. The van der Waals surface area contributed by atoms with Crippen molar-refractivity contribution >= 4 is 5.91 Å². The van der Waals surface area contributed by atoms with E-state index in [1.165, 1.54) is 5.56 Å². The van der Waals surface area contributed by atoms with E-state index in [0.29, 0.717) is 23.0 Å². The number of nitrogens with zero attached hydrogens (tertiary/aromatic N) is 1. The fourth-order valence-electron chi connectivity index (χ4n) is 3.37. The topological polar surface area (TPSA) is 38.8 Å². The summed E-state index contributed by atoms with van der Waals surface area (Å²) in [4.78, 5) is 14.8. The number of methoxy groups -OCH3 is 2. The molecule has 4 heteroatoms. The number of hydrogen-bond acceptors (Lipinski definition) is 3. The normalized spacial score (nSPS) is 15.2. The molecule has 126 valence electrons. The van der Waals surface area contributed by atoms with Gasteiger partial charge in [-0.15, -0.1) is 0 Å². The van der Waals surface area contributed by atoms with Crippen LogP contribution in [0.4, 0.5) is 0 Å². The zero-order chi connectivity index (χ0) is 16.9. The fraction of sp³-hybridized carbons (Fsp3) is 0.350. The largest absolute Gasteiger partial charge is 0.493 e. The lowest BCUT2D eigenvalue weighted by Gasteiger charge is -2.32. The maximum Gasteiger partial charge on any atom is 0.257 e. The quantitative estimate of drug-likeness (QED) is 0.860. The number of para-hydroxylation sites is 1. The first-order valence-electron chi connectivity index (χ1n) is 8.29. The van der Waals surface area contributed by atoms with Crippen molar-refractivity contribution in [2.24, 2.45) is 0 Å². The summed E-state index contributed by atoms with van der Waals surface area (Å²) in [7, 11) is 3.15. The molecule has 0 radical (unpaired) electrons. The Kier molecular flexibility index (Phi) is 5.04. The molecule has 24 heavy (non-hydrogen) atoms. The zero-order valence-corrected chi connectivity index (χ0v) is 14.2. The van der Waals surface area contributed by atoms with Gasteiger partial charge in [-0.25, -0.2) is 0 Å². The lowest BCUT2D eigenvalue weighted by Crippen LogP contribution is -2.38. The van der Waals surface area contributed by atoms with Gasteiger partial charge in [-0.2, -0.15) is 0 Å². The molecule has 0 saturated carbocycles. The highest BCUT2D eigenvalue weighted by Crippen LogP contribution is 2.33. The van der Waals surface area contributed by atoms with Crippen molar-refractivity contribution in [2.45, 2.75) is 18.8 Å². The lowest BCUT2D eigenvalue weighted by atomic mass is 9.89. The number of piperidine rings is 1. The van der Waals surface area contributed by atoms with E-state index in [2.05, 4.69) is 24.3 Å². The van der Waals surface area contributed by atoms with E-state index >= 15 is 0 Å². The van der Waals surface area contributed by atoms with E-state index in [1.807, 2.05) is 17.0 Å². The molecular formula is C20H23NO3. The first kappa shape index (κ1) is 16.4. The molecule has 1 saturated heterocycles. The Balaban J connectivity index is 1.72. The number of hydrogen-bond donors (Lipinski definition) is 0. The van der Waals surface area contributed by atoms with Crippen molar-refractivity contribution < 1.29 is 14.3 Å². The van der Waals surface area contributed by atoms with E-state index in [9.17, 15) is 4.79 Å². The van der Waals surface area contributed by atoms with E-state index < -0.39 is 0 Å². The van der Waals surface area contributed by atoms with Crippen LogP contribution in [-0.4, -0.2) is 38.1 Å². The number of likely N-dealkylation sites (tertiary alicyclic amines) is 1. The molecule has 0 aliphatic carbocycles. The summed E-state index contributed by atoms with van der Waals surface area (Å²) < 4.78 is 10.7. The highest BCUT2D eigenvalue weighted by atomic mass is 16.5. The van der Waals surface area contributed by atoms with Crippen LogP contribution in [0, 0.1) is 0 Å². The predicted molar refractivity (Wildman–Crippen MR) is 93.9 cm³/mol. The molecule has 0 aromatic heterocycles. The van der Waals surface area contributed by atoms with Gasteiger partial charge in [-0.1, -0.05) is 36.4 Å². The second-order valence-corrected chi connectivity index (χ2v) is 6.02. The van der Waals surface area contributed by atoms with Crippen molar-refractivity contribution in [3.05, 3.63) is 59.7 Å². The molecule has 1 amide bonds. The number of ether oxygens (including phenoxy) is 2. The first-order chi connectivity index (χ1) is 11.7. The maximum absolute atomic E-state index is 12.9. The second kappa shape index (κ2) is 7.39. The molecule has 2 aromatic rings. The Bertz CT molecular complexity index is 691. The first-order valence-corrected chi connectivity index (χ1v) is 8.29. The predicted octanol–water partition coefficient (Wildman–Crippen LogP) is 3.72. The van der Waals surface area contributed by atoms with E-state index in [1.54, 1.807) is 26.4 Å². The van der Waals surface area contributed by atoms with Crippen LogP contribution in [0.3, 0.4) is 0 Å². The molecule has 3 rings (SSSR count). The zero-order valence-electron chi connectivity index (χ0n) is 14.2. The van der Waals surface area contributed by atoms with Crippen molar-refractivity contribution in [1.29, 1.82) is 0 Å².